The summed E-state index contributed by atoms with van der Waals surface area (Å²) in [5.41, 5.74) is 6.78. The van der Waals surface area contributed by atoms with Crippen LogP contribution in [0.4, 0.5) is 11.5 Å². The monoisotopic (exact) mass is 347 g/mol. The Morgan fingerprint density at radius 2 is 1.96 bits per heavy atom. The van der Waals surface area contributed by atoms with Gasteiger partial charge in [-0.05, 0) is 30.3 Å². The maximum absolute atomic E-state index is 12.5. The number of hydrogen-bond acceptors (Lipinski definition) is 6. The molecule has 6 nitrogen and oxygen atoms in total. The molecule has 3 rings (SSSR count). The van der Waals surface area contributed by atoms with Crippen LogP contribution in [0.1, 0.15) is 16.1 Å². The maximum atomic E-state index is 12.5. The third-order valence-corrected chi connectivity index (χ3v) is 4.12. The Morgan fingerprint density at radius 1 is 1.16 bits per heavy atom. The number of rotatable bonds is 4. The van der Waals surface area contributed by atoms with E-state index >= 15 is 0 Å². The molecule has 0 spiro atoms. The van der Waals surface area contributed by atoms with Crippen LogP contribution in [0.3, 0.4) is 0 Å². The molecule has 0 bridgehead atoms. The van der Waals surface area contributed by atoms with Crippen molar-refractivity contribution in [3.8, 4) is 6.07 Å². The van der Waals surface area contributed by atoms with Gasteiger partial charge in [0.25, 0.3) is 5.91 Å². The summed E-state index contributed by atoms with van der Waals surface area (Å²) >= 11 is 1.39. The van der Waals surface area contributed by atoms with Gasteiger partial charge in [0.1, 0.15) is 5.03 Å². The van der Waals surface area contributed by atoms with Crippen LogP contribution in [-0.2, 0) is 0 Å². The lowest BCUT2D eigenvalue weighted by atomic mass is 10.2. The molecule has 1 amide bonds. The Kier molecular flexibility index (Phi) is 4.92. The van der Waals surface area contributed by atoms with Gasteiger partial charge in [0.15, 0.2) is 11.5 Å². The van der Waals surface area contributed by atoms with Crippen LogP contribution in [0.2, 0.25) is 0 Å². The number of anilines is 2. The van der Waals surface area contributed by atoms with Gasteiger partial charge < -0.3 is 11.1 Å². The maximum Gasteiger partial charge on any atom is 0.278 e. The van der Waals surface area contributed by atoms with Crippen molar-refractivity contribution in [3.63, 3.8) is 0 Å². The minimum Gasteiger partial charge on any atom is -0.382 e. The first-order valence-electron chi connectivity index (χ1n) is 7.32. The Balaban J connectivity index is 1.82. The van der Waals surface area contributed by atoms with Crippen molar-refractivity contribution in [1.82, 2.24) is 9.97 Å². The van der Waals surface area contributed by atoms with Crippen molar-refractivity contribution in [2.24, 2.45) is 0 Å². The van der Waals surface area contributed by atoms with Gasteiger partial charge in [-0.1, -0.05) is 36.0 Å². The van der Waals surface area contributed by atoms with E-state index in [1.807, 2.05) is 36.4 Å². The first-order valence-corrected chi connectivity index (χ1v) is 8.14. The third kappa shape index (κ3) is 4.13. The summed E-state index contributed by atoms with van der Waals surface area (Å²) in [6.07, 6.45) is 1.53. The molecule has 0 radical (unpaired) electrons. The Hall–Kier alpha value is -3.37. The number of carbonyl (C=O) groups excluding carboxylic acids is 1. The summed E-state index contributed by atoms with van der Waals surface area (Å²) in [7, 11) is 0. The second-order valence-electron chi connectivity index (χ2n) is 5.00. The van der Waals surface area contributed by atoms with E-state index in [1.165, 1.54) is 18.0 Å². The average Bonchev–Trinajstić information content (AvgIpc) is 2.64. The number of aromatic nitrogens is 2. The van der Waals surface area contributed by atoms with Crippen LogP contribution in [0, 0.1) is 11.3 Å². The number of nitrogens with two attached hydrogens (primary N) is 1. The standard InChI is InChI=1S/C18H13N5OS/c19-10-12-5-4-6-13(9-12)22-18(24)16-17(20)21-11-15(23-16)25-14-7-2-1-3-8-14/h1-9,11H,(H2,20,21)(H,22,24). The van der Waals surface area contributed by atoms with E-state index in [9.17, 15) is 4.79 Å². The summed E-state index contributed by atoms with van der Waals surface area (Å²) in [5.74, 6) is -0.429. The molecular formula is C18H13N5OS. The summed E-state index contributed by atoms with van der Waals surface area (Å²) in [5, 5.41) is 12.2. The van der Waals surface area contributed by atoms with Gasteiger partial charge >= 0.3 is 0 Å². The number of nitrogen functional groups attached to an aromatic ring is 1. The highest BCUT2D eigenvalue weighted by Crippen LogP contribution is 2.26. The number of benzene rings is 2. The number of amides is 1. The zero-order chi connectivity index (χ0) is 17.6. The molecule has 1 aromatic heterocycles. The van der Waals surface area contributed by atoms with Gasteiger partial charge in [-0.25, -0.2) is 9.97 Å². The fourth-order valence-electron chi connectivity index (χ4n) is 2.06. The molecule has 122 valence electrons. The van der Waals surface area contributed by atoms with Gasteiger partial charge in [0, 0.05) is 10.6 Å². The lowest BCUT2D eigenvalue weighted by molar-refractivity contribution is 0.102. The molecule has 25 heavy (non-hydrogen) atoms. The molecule has 0 saturated heterocycles. The van der Waals surface area contributed by atoms with Gasteiger partial charge in [-0.3, -0.25) is 4.79 Å². The predicted molar refractivity (Wildman–Crippen MR) is 96.1 cm³/mol. The minimum atomic E-state index is -0.476. The SMILES string of the molecule is N#Cc1cccc(NC(=O)c2nc(Sc3ccccc3)cnc2N)c1. The van der Waals surface area contributed by atoms with Crippen LogP contribution >= 0.6 is 11.8 Å². The van der Waals surface area contributed by atoms with Crippen LogP contribution < -0.4 is 11.1 Å². The topological polar surface area (TPSA) is 105 Å². The minimum absolute atomic E-state index is 0.0447. The summed E-state index contributed by atoms with van der Waals surface area (Å²) in [6.45, 7) is 0. The molecule has 1 heterocycles. The van der Waals surface area contributed by atoms with Crippen molar-refractivity contribution < 1.29 is 4.79 Å². The quantitative estimate of drug-likeness (QED) is 0.750. The lowest BCUT2D eigenvalue weighted by Gasteiger charge is -2.08. The Morgan fingerprint density at radius 3 is 2.72 bits per heavy atom. The summed E-state index contributed by atoms with van der Waals surface area (Å²) in [4.78, 5) is 21.8. The first kappa shape index (κ1) is 16.5. The molecule has 0 atom stereocenters. The molecule has 7 heteroatoms. The lowest BCUT2D eigenvalue weighted by Crippen LogP contribution is -2.17. The van der Waals surface area contributed by atoms with E-state index in [0.717, 1.165) is 4.90 Å². The normalized spacial score (nSPS) is 10.0. The van der Waals surface area contributed by atoms with E-state index in [4.69, 9.17) is 11.0 Å². The largest absolute Gasteiger partial charge is 0.382 e. The zero-order valence-corrected chi connectivity index (χ0v) is 13.8. The molecule has 0 fully saturated rings. The van der Waals surface area contributed by atoms with E-state index in [2.05, 4.69) is 15.3 Å². The highest BCUT2D eigenvalue weighted by molar-refractivity contribution is 7.99. The van der Waals surface area contributed by atoms with Crippen molar-refractivity contribution in [3.05, 3.63) is 72.1 Å². The molecule has 3 N–H and O–H groups in total. The fraction of sp³-hybridized carbons (Fsp3) is 0. The number of nitriles is 1. The predicted octanol–water partition coefficient (Wildman–Crippen LogP) is 3.33. The van der Waals surface area contributed by atoms with Gasteiger partial charge in [-0.15, -0.1) is 0 Å². The fourth-order valence-corrected chi connectivity index (χ4v) is 2.84. The van der Waals surface area contributed by atoms with E-state index < -0.39 is 5.91 Å². The number of nitrogens with one attached hydrogen (secondary N) is 1. The van der Waals surface area contributed by atoms with Crippen LogP contribution in [0.15, 0.2) is 70.7 Å². The van der Waals surface area contributed by atoms with E-state index in [0.29, 0.717) is 16.3 Å². The highest BCUT2D eigenvalue weighted by atomic mass is 32.2. The second kappa shape index (κ2) is 7.47. The van der Waals surface area contributed by atoms with E-state index in [-0.39, 0.29) is 11.5 Å². The molecule has 0 unspecified atom stereocenters. The van der Waals surface area contributed by atoms with E-state index in [1.54, 1.807) is 24.3 Å². The van der Waals surface area contributed by atoms with Gasteiger partial charge in [0.2, 0.25) is 0 Å². The molecule has 3 aromatic rings. The van der Waals surface area contributed by atoms with Crippen molar-refractivity contribution in [2.75, 3.05) is 11.1 Å². The summed E-state index contributed by atoms with van der Waals surface area (Å²) < 4.78 is 0. The van der Waals surface area contributed by atoms with Gasteiger partial charge in [0.05, 0.1) is 17.8 Å². The molecular weight excluding hydrogens is 334 g/mol. The molecule has 0 saturated carbocycles. The van der Waals surface area contributed by atoms with Crippen LogP contribution in [-0.4, -0.2) is 15.9 Å². The molecule has 0 aliphatic heterocycles. The van der Waals surface area contributed by atoms with Crippen molar-refractivity contribution in [2.45, 2.75) is 9.92 Å². The highest BCUT2D eigenvalue weighted by Gasteiger charge is 2.15. The van der Waals surface area contributed by atoms with Crippen molar-refractivity contribution in [1.29, 1.82) is 5.26 Å². The average molecular weight is 347 g/mol. The Labute approximate surface area is 148 Å². The first-order chi connectivity index (χ1) is 12.2. The van der Waals surface area contributed by atoms with Crippen LogP contribution in [0.5, 0.6) is 0 Å². The van der Waals surface area contributed by atoms with Gasteiger partial charge in [-0.2, -0.15) is 5.26 Å². The molecule has 0 aliphatic rings. The number of nitrogens with zero attached hydrogens (tertiary/aromatic N) is 3. The number of carbonyl (C=O) groups is 1. The van der Waals surface area contributed by atoms with Crippen LogP contribution in [0.25, 0.3) is 0 Å². The smallest absolute Gasteiger partial charge is 0.278 e. The molecule has 2 aromatic carbocycles. The second-order valence-corrected chi connectivity index (χ2v) is 6.10. The third-order valence-electron chi connectivity index (χ3n) is 3.21. The summed E-state index contributed by atoms with van der Waals surface area (Å²) in [6, 6.07) is 18.3. The zero-order valence-electron chi connectivity index (χ0n) is 13.0. The molecule has 0 aliphatic carbocycles. The van der Waals surface area contributed by atoms with Crippen molar-refractivity contribution >= 4 is 29.2 Å². The Bertz CT molecular complexity index is 953. The number of hydrogen-bond donors (Lipinski definition) is 2.